The lowest BCUT2D eigenvalue weighted by atomic mass is 9.49. The molecule has 2 heterocycles. The molecule has 0 spiro atoms. The van der Waals surface area contributed by atoms with E-state index in [1.54, 1.807) is 0 Å². The van der Waals surface area contributed by atoms with E-state index in [0.29, 0.717) is 6.42 Å². The second-order valence-electron chi connectivity index (χ2n) is 10.7. The van der Waals surface area contributed by atoms with Crippen LogP contribution in [0.3, 0.4) is 0 Å². The van der Waals surface area contributed by atoms with Crippen LogP contribution in [-0.4, -0.2) is 15.7 Å². The first-order chi connectivity index (χ1) is 14.5. The highest BCUT2D eigenvalue weighted by atomic mass is 32.2. The van der Waals surface area contributed by atoms with Gasteiger partial charge in [-0.3, -0.25) is 4.79 Å². The normalized spacial score (nSPS) is 31.2. The number of hydrogen-bond acceptors (Lipinski definition) is 3. The lowest BCUT2D eigenvalue weighted by Gasteiger charge is -2.56. The minimum atomic E-state index is 0.196. The number of nitrogens with one attached hydrogen (secondary N) is 1. The summed E-state index contributed by atoms with van der Waals surface area (Å²) in [5, 5.41) is 8.26. The van der Waals surface area contributed by atoms with E-state index < -0.39 is 0 Å². The summed E-state index contributed by atoms with van der Waals surface area (Å²) >= 11 is 1.89. The van der Waals surface area contributed by atoms with Gasteiger partial charge in [0.15, 0.2) is 0 Å². The molecule has 1 aromatic heterocycles. The molecule has 0 saturated heterocycles. The zero-order valence-electron chi connectivity index (χ0n) is 18.0. The largest absolute Gasteiger partial charge is 0.310 e. The van der Waals surface area contributed by atoms with Crippen molar-refractivity contribution in [2.45, 2.75) is 70.3 Å². The van der Waals surface area contributed by atoms with Gasteiger partial charge in [-0.2, -0.15) is 16.9 Å². The Hall–Kier alpha value is -1.75. The van der Waals surface area contributed by atoms with Crippen molar-refractivity contribution in [2.75, 3.05) is 5.32 Å². The molecule has 4 fully saturated rings. The van der Waals surface area contributed by atoms with Crippen molar-refractivity contribution in [3.63, 3.8) is 0 Å². The molecule has 5 heteroatoms. The summed E-state index contributed by atoms with van der Waals surface area (Å²) in [6.45, 7) is 4.24. The number of nitrogens with zero attached hydrogens (tertiary/aromatic N) is 2. The molecule has 1 N–H and O–H groups in total. The maximum Gasteiger partial charge on any atom is 0.226 e. The highest BCUT2D eigenvalue weighted by Crippen LogP contribution is 2.61. The third-order valence-electron chi connectivity index (χ3n) is 7.96. The molecule has 1 amide bonds. The van der Waals surface area contributed by atoms with Crippen molar-refractivity contribution in [3.8, 4) is 5.69 Å². The first-order valence-electron chi connectivity index (χ1n) is 11.5. The van der Waals surface area contributed by atoms with Crippen molar-refractivity contribution in [2.24, 2.45) is 23.2 Å². The van der Waals surface area contributed by atoms with E-state index in [2.05, 4.69) is 37.4 Å². The van der Waals surface area contributed by atoms with Crippen LogP contribution in [0.15, 0.2) is 18.2 Å². The molecule has 4 nitrogen and oxygen atoms in total. The Bertz CT molecular complexity index is 968. The molecule has 1 aromatic carbocycles. The Morgan fingerprint density at radius 3 is 2.33 bits per heavy atom. The first kappa shape index (κ1) is 19.0. The molecule has 5 aliphatic rings. The summed E-state index contributed by atoms with van der Waals surface area (Å²) in [4.78, 5) is 13.4. The Balaban J connectivity index is 1.29. The van der Waals surface area contributed by atoms with Crippen LogP contribution in [-0.2, 0) is 16.3 Å². The molecule has 158 valence electrons. The van der Waals surface area contributed by atoms with E-state index >= 15 is 0 Å². The summed E-state index contributed by atoms with van der Waals surface area (Å²) < 4.78 is 1.99. The zero-order valence-corrected chi connectivity index (χ0v) is 18.9. The number of aromatic nitrogens is 2. The molecule has 1 aliphatic heterocycles. The van der Waals surface area contributed by atoms with E-state index in [9.17, 15) is 4.79 Å². The lowest BCUT2D eigenvalue weighted by molar-refractivity contribution is -0.124. The highest BCUT2D eigenvalue weighted by molar-refractivity contribution is 7.98. The fraction of sp³-hybridized carbons (Fsp3) is 0.600. The number of carbonyl (C=O) groups excluding carboxylic acids is 1. The average molecular weight is 422 g/mol. The van der Waals surface area contributed by atoms with Crippen molar-refractivity contribution >= 4 is 23.5 Å². The Morgan fingerprint density at radius 1 is 1.07 bits per heavy atom. The van der Waals surface area contributed by atoms with E-state index in [4.69, 9.17) is 5.10 Å². The number of aryl methyl sites for hydroxylation is 2. The van der Waals surface area contributed by atoms with E-state index in [-0.39, 0.29) is 11.3 Å². The van der Waals surface area contributed by atoms with Gasteiger partial charge in [0.2, 0.25) is 5.91 Å². The molecule has 4 saturated carbocycles. The van der Waals surface area contributed by atoms with Gasteiger partial charge in [-0.15, -0.1) is 0 Å². The van der Waals surface area contributed by atoms with Crippen LogP contribution in [0.5, 0.6) is 0 Å². The third-order valence-corrected chi connectivity index (χ3v) is 8.93. The van der Waals surface area contributed by atoms with Gasteiger partial charge in [0.1, 0.15) is 5.82 Å². The monoisotopic (exact) mass is 421 g/mol. The zero-order chi connectivity index (χ0) is 20.5. The van der Waals surface area contributed by atoms with Gasteiger partial charge < -0.3 is 5.32 Å². The summed E-state index contributed by atoms with van der Waals surface area (Å²) in [6.07, 6.45) is 8.78. The third kappa shape index (κ3) is 3.21. The summed E-state index contributed by atoms with van der Waals surface area (Å²) in [7, 11) is 0. The fourth-order valence-electron chi connectivity index (χ4n) is 7.42. The Morgan fingerprint density at radius 2 is 1.70 bits per heavy atom. The summed E-state index contributed by atoms with van der Waals surface area (Å²) in [5.41, 5.74) is 6.11. The molecule has 7 rings (SSSR count). The molecule has 0 radical (unpaired) electrons. The van der Waals surface area contributed by atoms with Crippen LogP contribution in [0.4, 0.5) is 5.82 Å². The first-order valence-corrected chi connectivity index (χ1v) is 12.7. The molecule has 2 aromatic rings. The van der Waals surface area contributed by atoms with Crippen molar-refractivity contribution < 1.29 is 4.79 Å². The standard InChI is InChI=1S/C25H31N3OS/c1-15-3-16(2)5-20(4-15)28-24(21-13-30-14-22(21)27-28)26-23(29)12-25-9-17-6-18(10-25)8-19(7-17)11-25/h3-5,17-19H,6-14H2,1-2H3,(H,26,29). The van der Waals surface area contributed by atoms with Crippen molar-refractivity contribution in [1.82, 2.24) is 9.78 Å². The number of carbonyl (C=O) groups is 1. The number of thioether (sulfide) groups is 1. The minimum Gasteiger partial charge on any atom is -0.310 e. The van der Waals surface area contributed by atoms with Crippen LogP contribution in [0.2, 0.25) is 0 Å². The molecule has 0 atom stereocenters. The average Bonchev–Trinajstić information content (AvgIpc) is 3.22. The van der Waals surface area contributed by atoms with E-state index in [1.807, 2.05) is 16.4 Å². The van der Waals surface area contributed by atoms with Crippen LogP contribution in [0.1, 0.15) is 67.3 Å². The number of hydrogen-bond donors (Lipinski definition) is 1. The molecule has 4 aliphatic carbocycles. The fourth-order valence-corrected chi connectivity index (χ4v) is 8.46. The second-order valence-corrected chi connectivity index (χ2v) is 11.7. The van der Waals surface area contributed by atoms with Gasteiger partial charge in [-0.25, -0.2) is 4.68 Å². The molecule has 4 bridgehead atoms. The predicted octanol–water partition coefficient (Wildman–Crippen LogP) is 5.78. The number of fused-ring (bicyclic) bond motifs is 1. The van der Waals surface area contributed by atoms with E-state index in [0.717, 1.165) is 46.5 Å². The SMILES string of the molecule is Cc1cc(C)cc(-n2nc3c(c2NC(=O)CC24CC5CC(CC(C5)C2)C4)CSC3)c1. The molecular formula is C25H31N3OS. The van der Waals surface area contributed by atoms with Gasteiger partial charge in [0, 0.05) is 23.5 Å². The minimum absolute atomic E-state index is 0.196. The molecule has 30 heavy (non-hydrogen) atoms. The van der Waals surface area contributed by atoms with Crippen LogP contribution < -0.4 is 5.32 Å². The highest BCUT2D eigenvalue weighted by Gasteiger charge is 2.51. The maximum absolute atomic E-state index is 13.4. The van der Waals surface area contributed by atoms with Gasteiger partial charge >= 0.3 is 0 Å². The van der Waals surface area contributed by atoms with Gasteiger partial charge in [0.25, 0.3) is 0 Å². The van der Waals surface area contributed by atoms with Crippen molar-refractivity contribution in [3.05, 3.63) is 40.6 Å². The van der Waals surface area contributed by atoms with Crippen molar-refractivity contribution in [1.29, 1.82) is 0 Å². The van der Waals surface area contributed by atoms with Gasteiger partial charge in [-0.1, -0.05) is 6.07 Å². The van der Waals surface area contributed by atoms with Gasteiger partial charge in [-0.05, 0) is 98.8 Å². The van der Waals surface area contributed by atoms with Crippen LogP contribution in [0.25, 0.3) is 5.69 Å². The Kier molecular flexibility index (Phi) is 4.35. The van der Waals surface area contributed by atoms with E-state index in [1.165, 1.54) is 55.2 Å². The molecular weight excluding hydrogens is 390 g/mol. The van der Waals surface area contributed by atoms with Crippen LogP contribution >= 0.6 is 11.8 Å². The molecule has 0 unspecified atom stereocenters. The lowest BCUT2D eigenvalue weighted by Crippen LogP contribution is -2.47. The Labute approximate surface area is 183 Å². The quantitative estimate of drug-likeness (QED) is 0.680. The summed E-state index contributed by atoms with van der Waals surface area (Å²) in [6, 6.07) is 6.51. The van der Waals surface area contributed by atoms with Gasteiger partial charge in [0.05, 0.1) is 11.4 Å². The number of anilines is 1. The smallest absolute Gasteiger partial charge is 0.226 e. The number of rotatable bonds is 4. The summed E-state index contributed by atoms with van der Waals surface area (Å²) in [5.74, 6) is 5.62. The predicted molar refractivity (Wildman–Crippen MR) is 122 cm³/mol. The second kappa shape index (κ2) is 6.88. The number of amides is 1. The maximum atomic E-state index is 13.4. The topological polar surface area (TPSA) is 46.9 Å². The number of benzene rings is 1. The van der Waals surface area contributed by atoms with Crippen LogP contribution in [0, 0.1) is 37.0 Å².